The molecule has 0 spiro atoms. The second-order valence-corrected chi connectivity index (χ2v) is 10.5. The number of nitrogens with zero attached hydrogens (tertiary/aromatic N) is 3. The van der Waals surface area contributed by atoms with E-state index >= 15 is 0 Å². The number of benzene rings is 1. The fourth-order valence-corrected chi connectivity index (χ4v) is 4.84. The number of fused-ring (bicyclic) bond motifs is 1. The lowest BCUT2D eigenvalue weighted by molar-refractivity contribution is -0.126. The number of aliphatic hydroxyl groups excluding tert-OH is 1. The number of anilines is 1. The number of carbonyl (C=O) groups is 2. The Bertz CT molecular complexity index is 1150. The number of carbonyl (C=O) groups excluding carboxylic acids is 2. The summed E-state index contributed by atoms with van der Waals surface area (Å²) in [4.78, 5) is 31.7. The summed E-state index contributed by atoms with van der Waals surface area (Å²) in [6, 6.07) is 7.30. The molecule has 1 aromatic carbocycles. The molecule has 1 atom stereocenters. The second kappa shape index (κ2) is 24.0. The highest BCUT2D eigenvalue weighted by Crippen LogP contribution is 2.42. The van der Waals surface area contributed by atoms with E-state index in [-0.39, 0.29) is 11.2 Å². The zero-order valence-electron chi connectivity index (χ0n) is 26.9. The molecule has 2 aliphatic heterocycles. The van der Waals surface area contributed by atoms with Gasteiger partial charge in [0.05, 0.1) is 13.2 Å². The molecule has 0 saturated carbocycles. The molecule has 236 valence electrons. The summed E-state index contributed by atoms with van der Waals surface area (Å²) >= 11 is 1.46. The van der Waals surface area contributed by atoms with Crippen LogP contribution in [0.1, 0.15) is 44.4 Å². The molecular formula is C34H50N4O4S. The lowest BCUT2D eigenvalue weighted by Gasteiger charge is -2.22. The third kappa shape index (κ3) is 15.0. The fourth-order valence-electron chi connectivity index (χ4n) is 3.64. The highest BCUT2D eigenvalue weighted by atomic mass is 32.2. The Hall–Kier alpha value is -3.50. The molecular weight excluding hydrogens is 560 g/mol. The first-order chi connectivity index (χ1) is 20.8. The number of unbranched alkanes of at least 4 members (excludes halogenated alkanes) is 1. The van der Waals surface area contributed by atoms with Gasteiger partial charge in [-0.05, 0) is 69.8 Å². The van der Waals surface area contributed by atoms with Crippen LogP contribution in [0.5, 0.6) is 0 Å². The molecule has 3 rings (SSSR count). The number of ether oxygens (including phenoxy) is 1. The molecule has 43 heavy (non-hydrogen) atoms. The summed E-state index contributed by atoms with van der Waals surface area (Å²) in [5.74, 6) is 0.0341. The van der Waals surface area contributed by atoms with E-state index in [1.165, 1.54) is 36.7 Å². The smallest absolute Gasteiger partial charge is 0.246 e. The number of nitrogens with one attached hydrogen (secondary N) is 1. The normalized spacial score (nSPS) is 16.0. The monoisotopic (exact) mass is 610 g/mol. The van der Waals surface area contributed by atoms with E-state index in [9.17, 15) is 9.59 Å². The lowest BCUT2D eigenvalue weighted by Crippen LogP contribution is -2.34. The first-order valence-electron chi connectivity index (χ1n) is 14.1. The average Bonchev–Trinajstić information content (AvgIpc) is 3.33. The van der Waals surface area contributed by atoms with Crippen molar-refractivity contribution in [3.05, 3.63) is 102 Å². The molecule has 8 nitrogen and oxygen atoms in total. The van der Waals surface area contributed by atoms with Crippen LogP contribution in [0.3, 0.4) is 0 Å². The summed E-state index contributed by atoms with van der Waals surface area (Å²) in [5.41, 5.74) is 4.71. The van der Waals surface area contributed by atoms with Crippen molar-refractivity contribution >= 4 is 34.9 Å². The van der Waals surface area contributed by atoms with Gasteiger partial charge in [0.25, 0.3) is 0 Å². The zero-order valence-corrected chi connectivity index (χ0v) is 27.7. The third-order valence-electron chi connectivity index (χ3n) is 5.96. The van der Waals surface area contributed by atoms with Crippen molar-refractivity contribution in [2.45, 2.75) is 38.9 Å². The predicted molar refractivity (Wildman–Crippen MR) is 184 cm³/mol. The van der Waals surface area contributed by atoms with Crippen molar-refractivity contribution in [1.29, 1.82) is 0 Å². The van der Waals surface area contributed by atoms with Gasteiger partial charge in [-0.3, -0.25) is 14.5 Å². The highest BCUT2D eigenvalue weighted by molar-refractivity contribution is 8.15. The van der Waals surface area contributed by atoms with Crippen molar-refractivity contribution in [2.24, 2.45) is 4.99 Å². The number of amides is 2. The Morgan fingerprint density at radius 1 is 1.21 bits per heavy atom. The standard InChI is InChI=1S/C18H17N3O2S.C9H14O.C6H15N.CH4O/c1-3-4-5-14-10-21-17(23)16(24-18(21)20-12(14)2)13-6-8-15(9-7-13)19-11-22;1-4-6-7-9(5-2)8-10-3;1-4-5-6-7(2)3;1-2/h3-9,11,16H,1,10H2,2H3,(H,19,22);4-7H,1,8H2,2-3H3;4-6H2,1-3H3;2H,1H3/b5-4-;7-6-,9-5+;;. The SMILES string of the molecule is C=C/C=C\C(=C/C)COC.C=C/C=C\C1=C(C)N=C2SC(c3ccc(NC=O)cc3)C(=O)N2C1.CCCCN(C)C.CO. The topological polar surface area (TPSA) is 94.5 Å². The maximum atomic E-state index is 12.8. The average molecular weight is 611 g/mol. The van der Waals surface area contributed by atoms with Crippen molar-refractivity contribution < 1.29 is 19.4 Å². The molecule has 2 N–H and O–H groups in total. The van der Waals surface area contributed by atoms with Crippen LogP contribution in [-0.2, 0) is 14.3 Å². The number of thioether (sulfide) groups is 1. The van der Waals surface area contributed by atoms with E-state index in [1.54, 1.807) is 36.3 Å². The maximum Gasteiger partial charge on any atom is 0.246 e. The minimum Gasteiger partial charge on any atom is -0.400 e. The van der Waals surface area contributed by atoms with Gasteiger partial charge in [-0.25, -0.2) is 4.99 Å². The Labute approximate surface area is 263 Å². The molecule has 0 radical (unpaired) electrons. The molecule has 0 bridgehead atoms. The van der Waals surface area contributed by atoms with E-state index in [1.807, 2.05) is 56.4 Å². The molecule has 1 fully saturated rings. The number of hydrogen-bond acceptors (Lipinski definition) is 7. The Balaban J connectivity index is 0.000000770. The van der Waals surface area contributed by atoms with Gasteiger partial charge in [0.1, 0.15) is 5.25 Å². The summed E-state index contributed by atoms with van der Waals surface area (Å²) < 4.78 is 4.94. The van der Waals surface area contributed by atoms with Gasteiger partial charge in [-0.15, -0.1) is 0 Å². The van der Waals surface area contributed by atoms with Crippen LogP contribution in [-0.4, -0.2) is 80.4 Å². The van der Waals surface area contributed by atoms with Crippen LogP contribution in [0.25, 0.3) is 0 Å². The number of aliphatic imine (C=N–C) groups is 1. The highest BCUT2D eigenvalue weighted by Gasteiger charge is 2.40. The molecule has 1 aromatic rings. The molecule has 0 aliphatic carbocycles. The van der Waals surface area contributed by atoms with Crippen molar-refractivity contribution in [2.75, 3.05) is 53.3 Å². The van der Waals surface area contributed by atoms with Crippen LogP contribution < -0.4 is 5.32 Å². The Morgan fingerprint density at radius 2 is 1.86 bits per heavy atom. The number of hydrogen-bond donors (Lipinski definition) is 2. The number of aliphatic hydroxyl groups is 1. The van der Waals surface area contributed by atoms with Crippen LogP contribution >= 0.6 is 11.8 Å². The number of amidine groups is 1. The van der Waals surface area contributed by atoms with E-state index in [2.05, 4.69) is 49.4 Å². The van der Waals surface area contributed by atoms with Crippen molar-refractivity contribution in [3.8, 4) is 0 Å². The summed E-state index contributed by atoms with van der Waals surface area (Å²) in [5, 5.41) is 10.0. The molecule has 2 amide bonds. The van der Waals surface area contributed by atoms with Crippen molar-refractivity contribution in [1.82, 2.24) is 9.80 Å². The molecule has 9 heteroatoms. The van der Waals surface area contributed by atoms with E-state index < -0.39 is 0 Å². The minimum atomic E-state index is -0.301. The summed E-state index contributed by atoms with van der Waals surface area (Å²) in [6.45, 7) is 15.8. The molecule has 1 saturated heterocycles. The number of methoxy groups -OCH3 is 1. The first-order valence-corrected chi connectivity index (χ1v) is 15.0. The lowest BCUT2D eigenvalue weighted by atomic mass is 10.1. The summed E-state index contributed by atoms with van der Waals surface area (Å²) in [6.07, 6.45) is 16.4. The van der Waals surface area contributed by atoms with E-state index in [0.717, 1.165) is 29.1 Å². The minimum absolute atomic E-state index is 0.0341. The molecule has 2 aliphatic rings. The third-order valence-corrected chi connectivity index (χ3v) is 7.19. The van der Waals surface area contributed by atoms with Gasteiger partial charge in [-0.2, -0.15) is 0 Å². The van der Waals surface area contributed by atoms with Gasteiger partial charge in [-0.1, -0.05) is 92.9 Å². The van der Waals surface area contributed by atoms with E-state index in [4.69, 9.17) is 9.84 Å². The van der Waals surface area contributed by atoms with Gasteiger partial charge in [0.2, 0.25) is 12.3 Å². The van der Waals surface area contributed by atoms with E-state index in [0.29, 0.717) is 25.2 Å². The van der Waals surface area contributed by atoms with Gasteiger partial charge >= 0.3 is 0 Å². The zero-order chi connectivity index (χ0) is 32.6. The van der Waals surface area contributed by atoms with Crippen molar-refractivity contribution in [3.63, 3.8) is 0 Å². The first kappa shape index (κ1) is 39.5. The Morgan fingerprint density at radius 3 is 2.35 bits per heavy atom. The van der Waals surface area contributed by atoms with Gasteiger partial charge in [0.15, 0.2) is 5.17 Å². The quantitative estimate of drug-likeness (QED) is 0.206. The van der Waals surface area contributed by atoms with Gasteiger partial charge in [0, 0.05) is 25.6 Å². The maximum absolute atomic E-state index is 12.8. The second-order valence-electron chi connectivity index (χ2n) is 9.45. The predicted octanol–water partition coefficient (Wildman–Crippen LogP) is 6.54. The van der Waals surface area contributed by atoms with Crippen LogP contribution in [0.2, 0.25) is 0 Å². The molecule has 2 heterocycles. The molecule has 0 aromatic heterocycles. The largest absolute Gasteiger partial charge is 0.400 e. The number of allylic oxidation sites excluding steroid dienone is 6. The fraction of sp³-hybridized carbons (Fsp3) is 0.382. The van der Waals surface area contributed by atoms with Crippen LogP contribution in [0.4, 0.5) is 5.69 Å². The van der Waals surface area contributed by atoms with Crippen LogP contribution in [0, 0.1) is 0 Å². The number of rotatable bonds is 12. The van der Waals surface area contributed by atoms with Gasteiger partial charge < -0.3 is 20.1 Å². The molecule has 1 unspecified atom stereocenters. The summed E-state index contributed by atoms with van der Waals surface area (Å²) in [7, 11) is 6.90. The Kier molecular flexibility index (Phi) is 22.0. The van der Waals surface area contributed by atoms with Crippen LogP contribution in [0.15, 0.2) is 102 Å².